The number of carbonyl (C=O) groups is 2. The Kier molecular flexibility index (Phi) is 5.42. The second-order valence-corrected chi connectivity index (χ2v) is 5.90. The first kappa shape index (κ1) is 15.6. The van der Waals surface area contributed by atoms with E-state index in [1.807, 2.05) is 11.9 Å². The van der Waals surface area contributed by atoms with Crippen molar-refractivity contribution in [2.45, 2.75) is 45.1 Å². The minimum Gasteiger partial charge on any atom is -0.459 e. The van der Waals surface area contributed by atoms with Gasteiger partial charge in [0, 0.05) is 26.1 Å². The van der Waals surface area contributed by atoms with Crippen LogP contribution in [0.5, 0.6) is 0 Å². The van der Waals surface area contributed by atoms with Gasteiger partial charge in [-0.15, -0.1) is 0 Å². The Morgan fingerprint density at radius 2 is 2.05 bits per heavy atom. The van der Waals surface area contributed by atoms with Crippen LogP contribution in [0.4, 0.5) is 0 Å². The first-order chi connectivity index (χ1) is 10.1. The van der Waals surface area contributed by atoms with Crippen molar-refractivity contribution in [2.75, 3.05) is 13.6 Å². The third kappa shape index (κ3) is 4.34. The summed E-state index contributed by atoms with van der Waals surface area (Å²) in [6, 6.07) is 3.62. The summed E-state index contributed by atoms with van der Waals surface area (Å²) in [6.07, 6.45) is 6.34. The summed E-state index contributed by atoms with van der Waals surface area (Å²) in [5, 5.41) is 2.70. The van der Waals surface area contributed by atoms with Gasteiger partial charge in [0.25, 0.3) is 5.91 Å². The van der Waals surface area contributed by atoms with Crippen LogP contribution in [0.2, 0.25) is 0 Å². The highest BCUT2D eigenvalue weighted by Gasteiger charge is 2.24. The molecule has 1 saturated carbocycles. The summed E-state index contributed by atoms with van der Waals surface area (Å²) in [6.45, 7) is 2.61. The maximum atomic E-state index is 12.1. The Labute approximate surface area is 125 Å². The monoisotopic (exact) mass is 292 g/mol. The number of amides is 2. The van der Waals surface area contributed by atoms with Gasteiger partial charge in [0.15, 0.2) is 5.76 Å². The molecule has 0 aliphatic heterocycles. The van der Waals surface area contributed by atoms with Gasteiger partial charge in [-0.25, -0.2) is 0 Å². The highest BCUT2D eigenvalue weighted by atomic mass is 16.3. The molecule has 0 saturated heterocycles. The first-order valence-electron chi connectivity index (χ1n) is 7.65. The van der Waals surface area contributed by atoms with E-state index in [0.29, 0.717) is 19.0 Å². The Morgan fingerprint density at radius 3 is 2.67 bits per heavy atom. The topological polar surface area (TPSA) is 62.6 Å². The lowest BCUT2D eigenvalue weighted by Crippen LogP contribution is -2.40. The molecule has 0 atom stereocenters. The Morgan fingerprint density at radius 1 is 1.33 bits per heavy atom. The predicted octanol–water partition coefficient (Wildman–Crippen LogP) is 2.44. The molecule has 1 heterocycles. The van der Waals surface area contributed by atoms with Crippen LogP contribution in [-0.2, 0) is 4.79 Å². The van der Waals surface area contributed by atoms with Crippen molar-refractivity contribution in [3.8, 4) is 0 Å². The number of nitrogens with one attached hydrogen (secondary N) is 1. The smallest absolute Gasteiger partial charge is 0.286 e. The van der Waals surface area contributed by atoms with Gasteiger partial charge in [0.05, 0.1) is 6.26 Å². The van der Waals surface area contributed by atoms with E-state index in [9.17, 15) is 9.59 Å². The molecule has 21 heavy (non-hydrogen) atoms. The quantitative estimate of drug-likeness (QED) is 0.906. The molecule has 0 bridgehead atoms. The van der Waals surface area contributed by atoms with E-state index in [1.54, 1.807) is 12.1 Å². The molecule has 0 unspecified atom stereocenters. The molecule has 0 spiro atoms. The Bertz CT molecular complexity index is 462. The Balaban J connectivity index is 1.70. The van der Waals surface area contributed by atoms with Crippen LogP contribution in [0.15, 0.2) is 22.8 Å². The van der Waals surface area contributed by atoms with Crippen molar-refractivity contribution in [3.05, 3.63) is 24.2 Å². The fraction of sp³-hybridized carbons (Fsp3) is 0.625. The molecule has 1 fully saturated rings. The van der Waals surface area contributed by atoms with Gasteiger partial charge in [-0.3, -0.25) is 9.59 Å². The standard InChI is InChI=1S/C16H24N2O3/c1-12-5-7-13(8-6-12)18(2)15(19)9-10-17-16(20)14-4-3-11-21-14/h3-4,11-13H,5-10H2,1-2H3,(H,17,20). The molecule has 0 radical (unpaired) electrons. The van der Waals surface area contributed by atoms with E-state index in [0.717, 1.165) is 18.8 Å². The maximum Gasteiger partial charge on any atom is 0.286 e. The van der Waals surface area contributed by atoms with Crippen molar-refractivity contribution in [2.24, 2.45) is 5.92 Å². The van der Waals surface area contributed by atoms with Crippen molar-refractivity contribution in [3.63, 3.8) is 0 Å². The van der Waals surface area contributed by atoms with E-state index >= 15 is 0 Å². The van der Waals surface area contributed by atoms with Crippen LogP contribution in [-0.4, -0.2) is 36.3 Å². The number of furan rings is 1. The van der Waals surface area contributed by atoms with E-state index < -0.39 is 0 Å². The van der Waals surface area contributed by atoms with Crippen LogP contribution in [0.25, 0.3) is 0 Å². The van der Waals surface area contributed by atoms with Crippen LogP contribution >= 0.6 is 0 Å². The zero-order valence-electron chi connectivity index (χ0n) is 12.8. The summed E-state index contributed by atoms with van der Waals surface area (Å²) in [5.41, 5.74) is 0. The normalized spacial score (nSPS) is 21.8. The van der Waals surface area contributed by atoms with Crippen molar-refractivity contribution in [1.29, 1.82) is 0 Å². The number of hydrogen-bond donors (Lipinski definition) is 1. The van der Waals surface area contributed by atoms with Gasteiger partial charge in [0.2, 0.25) is 5.91 Å². The fourth-order valence-electron chi connectivity index (χ4n) is 2.79. The number of carbonyl (C=O) groups excluding carboxylic acids is 2. The van der Waals surface area contributed by atoms with E-state index in [1.165, 1.54) is 19.1 Å². The van der Waals surface area contributed by atoms with Gasteiger partial charge < -0.3 is 14.6 Å². The second-order valence-electron chi connectivity index (χ2n) is 5.90. The van der Waals surface area contributed by atoms with Gasteiger partial charge in [0.1, 0.15) is 0 Å². The average molecular weight is 292 g/mol. The zero-order valence-corrected chi connectivity index (χ0v) is 12.8. The summed E-state index contributed by atoms with van der Waals surface area (Å²) in [4.78, 5) is 25.7. The fourth-order valence-corrected chi connectivity index (χ4v) is 2.79. The van der Waals surface area contributed by atoms with Crippen molar-refractivity contribution in [1.82, 2.24) is 10.2 Å². The Hall–Kier alpha value is -1.78. The first-order valence-corrected chi connectivity index (χ1v) is 7.65. The predicted molar refractivity (Wildman–Crippen MR) is 79.8 cm³/mol. The third-order valence-electron chi connectivity index (χ3n) is 4.30. The molecule has 1 N–H and O–H groups in total. The lowest BCUT2D eigenvalue weighted by atomic mass is 9.86. The SMILES string of the molecule is CC1CCC(N(C)C(=O)CCNC(=O)c2ccco2)CC1. The highest BCUT2D eigenvalue weighted by molar-refractivity contribution is 5.91. The molecular weight excluding hydrogens is 268 g/mol. The molecular formula is C16H24N2O3. The van der Waals surface area contributed by atoms with E-state index in [4.69, 9.17) is 4.42 Å². The summed E-state index contributed by atoms with van der Waals surface area (Å²) in [7, 11) is 1.87. The maximum absolute atomic E-state index is 12.1. The summed E-state index contributed by atoms with van der Waals surface area (Å²) < 4.78 is 5.00. The molecule has 2 amide bonds. The summed E-state index contributed by atoms with van der Waals surface area (Å²) >= 11 is 0. The molecule has 1 aromatic rings. The zero-order chi connectivity index (χ0) is 15.2. The number of nitrogens with zero attached hydrogens (tertiary/aromatic N) is 1. The van der Waals surface area contributed by atoms with Crippen LogP contribution < -0.4 is 5.32 Å². The van der Waals surface area contributed by atoms with Crippen LogP contribution in [0.3, 0.4) is 0 Å². The molecule has 5 heteroatoms. The largest absolute Gasteiger partial charge is 0.459 e. The number of rotatable bonds is 5. The van der Waals surface area contributed by atoms with Crippen molar-refractivity contribution >= 4 is 11.8 Å². The molecule has 1 aromatic heterocycles. The van der Waals surface area contributed by atoms with Crippen molar-refractivity contribution < 1.29 is 14.0 Å². The van der Waals surface area contributed by atoms with E-state index in [-0.39, 0.29) is 17.6 Å². The van der Waals surface area contributed by atoms with E-state index in [2.05, 4.69) is 12.2 Å². The lowest BCUT2D eigenvalue weighted by Gasteiger charge is -2.33. The molecule has 2 rings (SSSR count). The molecule has 0 aromatic carbocycles. The van der Waals surface area contributed by atoms with Gasteiger partial charge >= 0.3 is 0 Å². The molecule has 116 valence electrons. The minimum absolute atomic E-state index is 0.0919. The van der Waals surface area contributed by atoms with Gasteiger partial charge in [-0.05, 0) is 43.7 Å². The molecule has 5 nitrogen and oxygen atoms in total. The minimum atomic E-state index is -0.276. The number of hydrogen-bond acceptors (Lipinski definition) is 3. The molecule has 1 aliphatic carbocycles. The van der Waals surface area contributed by atoms with Crippen LogP contribution in [0.1, 0.15) is 49.6 Å². The van der Waals surface area contributed by atoms with Gasteiger partial charge in [-0.2, -0.15) is 0 Å². The third-order valence-corrected chi connectivity index (χ3v) is 4.30. The van der Waals surface area contributed by atoms with Gasteiger partial charge in [-0.1, -0.05) is 6.92 Å². The highest BCUT2D eigenvalue weighted by Crippen LogP contribution is 2.26. The lowest BCUT2D eigenvalue weighted by molar-refractivity contribution is -0.132. The second kappa shape index (κ2) is 7.29. The molecule has 1 aliphatic rings. The summed E-state index contributed by atoms with van der Waals surface area (Å²) in [5.74, 6) is 0.866. The van der Waals surface area contributed by atoms with Crippen LogP contribution in [0, 0.1) is 5.92 Å². The average Bonchev–Trinajstić information content (AvgIpc) is 3.01.